The first-order valence-electron chi connectivity index (χ1n) is 6.36. The second-order valence-electron chi connectivity index (χ2n) is 5.33. The summed E-state index contributed by atoms with van der Waals surface area (Å²) in [7, 11) is 0. The van der Waals surface area contributed by atoms with Gasteiger partial charge in [0.1, 0.15) is 10.3 Å². The maximum Gasteiger partial charge on any atom is 0.311 e. The highest BCUT2D eigenvalue weighted by atomic mass is 79.9. The molecular formula is C15H16BrCl2FO2. The van der Waals surface area contributed by atoms with E-state index in [0.29, 0.717) is 11.8 Å². The Morgan fingerprint density at radius 1 is 1.57 bits per heavy atom. The van der Waals surface area contributed by atoms with Crippen molar-refractivity contribution < 1.29 is 13.9 Å². The van der Waals surface area contributed by atoms with Crippen molar-refractivity contribution >= 4 is 45.1 Å². The predicted octanol–water partition coefficient (Wildman–Crippen LogP) is 4.76. The van der Waals surface area contributed by atoms with Gasteiger partial charge in [-0.15, -0.1) is 6.42 Å². The summed E-state index contributed by atoms with van der Waals surface area (Å²) in [6.45, 7) is 3.78. The smallest absolute Gasteiger partial charge is 0.311 e. The highest BCUT2D eigenvalue weighted by molar-refractivity contribution is 9.09. The van der Waals surface area contributed by atoms with Gasteiger partial charge in [0.15, 0.2) is 0 Å². The summed E-state index contributed by atoms with van der Waals surface area (Å²) in [5.41, 5.74) is -0.332. The van der Waals surface area contributed by atoms with E-state index in [1.165, 1.54) is 6.08 Å². The minimum atomic E-state index is -1.29. The van der Waals surface area contributed by atoms with Crippen LogP contribution in [0.25, 0.3) is 0 Å². The van der Waals surface area contributed by atoms with Gasteiger partial charge >= 0.3 is 5.97 Å². The number of hydrogen-bond donors (Lipinski definition) is 0. The van der Waals surface area contributed by atoms with Gasteiger partial charge in [0.25, 0.3) is 0 Å². The topological polar surface area (TPSA) is 26.3 Å². The van der Waals surface area contributed by atoms with Gasteiger partial charge in [-0.3, -0.25) is 4.79 Å². The fourth-order valence-electron chi connectivity index (χ4n) is 2.23. The van der Waals surface area contributed by atoms with Crippen LogP contribution in [-0.2, 0) is 9.53 Å². The Labute approximate surface area is 142 Å². The molecular weight excluding hydrogens is 382 g/mol. The molecule has 116 valence electrons. The number of terminal acetylenes is 1. The molecule has 0 aromatic carbocycles. The lowest BCUT2D eigenvalue weighted by Gasteiger charge is -2.11. The molecule has 21 heavy (non-hydrogen) atoms. The van der Waals surface area contributed by atoms with Gasteiger partial charge in [-0.1, -0.05) is 58.9 Å². The van der Waals surface area contributed by atoms with E-state index in [1.54, 1.807) is 6.08 Å². The fourth-order valence-corrected chi connectivity index (χ4v) is 2.73. The average Bonchev–Trinajstić information content (AvgIpc) is 2.93. The molecule has 0 heterocycles. The van der Waals surface area contributed by atoms with E-state index < -0.39 is 23.8 Å². The summed E-state index contributed by atoms with van der Waals surface area (Å²) >= 11 is 14.4. The molecule has 0 bridgehead atoms. The normalized spacial score (nSPS) is 24.7. The zero-order valence-corrected chi connectivity index (χ0v) is 14.8. The Kier molecular flexibility index (Phi) is 6.77. The molecule has 3 unspecified atom stereocenters. The van der Waals surface area contributed by atoms with E-state index in [-0.39, 0.29) is 15.8 Å². The van der Waals surface area contributed by atoms with Crippen LogP contribution in [-0.4, -0.2) is 17.4 Å². The number of carbonyl (C=O) groups is 1. The molecule has 1 fully saturated rings. The van der Waals surface area contributed by atoms with Crippen molar-refractivity contribution in [2.24, 2.45) is 17.3 Å². The largest absolute Gasteiger partial charge is 0.441 e. The Balaban J connectivity index is 2.73. The van der Waals surface area contributed by atoms with E-state index in [2.05, 4.69) is 21.9 Å². The van der Waals surface area contributed by atoms with Crippen molar-refractivity contribution in [2.45, 2.75) is 26.4 Å². The average molecular weight is 398 g/mol. The van der Waals surface area contributed by atoms with E-state index in [4.69, 9.17) is 34.4 Å². The maximum absolute atomic E-state index is 13.8. The number of esters is 1. The molecule has 0 saturated heterocycles. The van der Waals surface area contributed by atoms with Gasteiger partial charge in [0, 0.05) is 5.33 Å². The van der Waals surface area contributed by atoms with Gasteiger partial charge in [-0.2, -0.15) is 0 Å². The Hall–Kier alpha value is -0.500. The quantitative estimate of drug-likeness (QED) is 0.367. The third-order valence-corrected chi connectivity index (χ3v) is 4.26. The van der Waals surface area contributed by atoms with Crippen LogP contribution in [0.3, 0.4) is 0 Å². The second-order valence-corrected chi connectivity index (χ2v) is 7.13. The first-order valence-corrected chi connectivity index (χ1v) is 8.24. The molecule has 0 spiro atoms. The first kappa shape index (κ1) is 18.5. The molecule has 1 aliphatic carbocycles. The van der Waals surface area contributed by atoms with Crippen molar-refractivity contribution in [3.63, 3.8) is 0 Å². The van der Waals surface area contributed by atoms with Crippen molar-refractivity contribution in [1.82, 2.24) is 0 Å². The van der Waals surface area contributed by atoms with Gasteiger partial charge in [-0.05, 0) is 29.9 Å². The lowest BCUT2D eigenvalue weighted by atomic mass is 10.1. The number of carbonyl (C=O) groups excluding carboxylic acids is 1. The van der Waals surface area contributed by atoms with Crippen LogP contribution in [0.15, 0.2) is 22.5 Å². The molecule has 1 rings (SSSR count). The maximum atomic E-state index is 13.8. The fraction of sp³-hybridized carbons (Fsp3) is 0.533. The number of hydrogen-bond acceptors (Lipinski definition) is 2. The monoisotopic (exact) mass is 396 g/mol. The Morgan fingerprint density at radius 3 is 2.67 bits per heavy atom. The third kappa shape index (κ3) is 4.74. The molecule has 0 amide bonds. The summed E-state index contributed by atoms with van der Waals surface area (Å²) in [5, 5.41) is 0.600. The molecule has 0 aromatic heterocycles. The SMILES string of the molecule is C#CC(OC(=O)C1C(C=C(Cl)Cl)C1(C)C)/C(F)=C/CCBr. The van der Waals surface area contributed by atoms with Gasteiger partial charge in [0.05, 0.1) is 5.92 Å². The van der Waals surface area contributed by atoms with E-state index >= 15 is 0 Å². The zero-order valence-electron chi connectivity index (χ0n) is 11.7. The molecule has 6 heteroatoms. The standard InChI is InChI=1S/C15H16BrCl2FO2/c1-4-11(10(19)6-5-7-16)21-14(20)13-9(8-12(17)18)15(13,2)3/h1,6,8-9,11,13H,5,7H2,2-3H3/b10-6-. The molecule has 3 atom stereocenters. The van der Waals surface area contributed by atoms with Crippen LogP contribution in [0.4, 0.5) is 4.39 Å². The predicted molar refractivity (Wildman–Crippen MR) is 86.9 cm³/mol. The highest BCUT2D eigenvalue weighted by Crippen LogP contribution is 2.60. The van der Waals surface area contributed by atoms with Gasteiger partial charge in [0.2, 0.25) is 6.10 Å². The first-order chi connectivity index (χ1) is 9.75. The summed E-state index contributed by atoms with van der Waals surface area (Å²) in [6.07, 6.45) is 7.29. The van der Waals surface area contributed by atoms with Crippen LogP contribution >= 0.6 is 39.1 Å². The zero-order chi connectivity index (χ0) is 16.2. The number of alkyl halides is 1. The van der Waals surface area contributed by atoms with Crippen LogP contribution in [0.2, 0.25) is 0 Å². The van der Waals surface area contributed by atoms with Gasteiger partial charge in [-0.25, -0.2) is 4.39 Å². The van der Waals surface area contributed by atoms with Crippen LogP contribution in [0, 0.1) is 29.6 Å². The van der Waals surface area contributed by atoms with E-state index in [0.717, 1.165) is 0 Å². The molecule has 1 aliphatic rings. The Bertz CT molecular complexity index is 504. The molecule has 0 aromatic rings. The highest BCUT2D eigenvalue weighted by Gasteiger charge is 2.62. The molecule has 0 radical (unpaired) electrons. The summed E-state index contributed by atoms with van der Waals surface area (Å²) in [4.78, 5) is 12.1. The molecule has 0 N–H and O–H groups in total. The summed E-state index contributed by atoms with van der Waals surface area (Å²) in [6, 6.07) is 0. The minimum absolute atomic E-state index is 0.0975. The van der Waals surface area contributed by atoms with E-state index in [9.17, 15) is 9.18 Å². The second kappa shape index (κ2) is 7.67. The minimum Gasteiger partial charge on any atom is -0.441 e. The van der Waals surface area contributed by atoms with Crippen molar-refractivity contribution in [3.05, 3.63) is 22.5 Å². The lowest BCUT2D eigenvalue weighted by Crippen LogP contribution is -2.20. The van der Waals surface area contributed by atoms with Gasteiger partial charge < -0.3 is 4.74 Å². The van der Waals surface area contributed by atoms with Crippen molar-refractivity contribution in [2.75, 3.05) is 5.33 Å². The van der Waals surface area contributed by atoms with Crippen LogP contribution < -0.4 is 0 Å². The number of ether oxygens (including phenoxy) is 1. The third-order valence-electron chi connectivity index (χ3n) is 3.55. The summed E-state index contributed by atoms with van der Waals surface area (Å²) in [5.74, 6) is 0.402. The molecule has 2 nitrogen and oxygen atoms in total. The summed E-state index contributed by atoms with van der Waals surface area (Å²) < 4.78 is 18.9. The Morgan fingerprint density at radius 2 is 2.19 bits per heavy atom. The van der Waals surface area contributed by atoms with Crippen molar-refractivity contribution in [1.29, 1.82) is 0 Å². The molecule has 1 saturated carbocycles. The number of allylic oxidation sites excluding steroid dienone is 2. The molecule has 0 aliphatic heterocycles. The van der Waals surface area contributed by atoms with Crippen LogP contribution in [0.5, 0.6) is 0 Å². The number of rotatable bonds is 6. The van der Waals surface area contributed by atoms with E-state index in [1.807, 2.05) is 13.8 Å². The lowest BCUT2D eigenvalue weighted by molar-refractivity contribution is -0.148. The van der Waals surface area contributed by atoms with Crippen LogP contribution in [0.1, 0.15) is 20.3 Å². The van der Waals surface area contributed by atoms with Crippen molar-refractivity contribution in [3.8, 4) is 12.3 Å². The number of halogens is 4.